The fourth-order valence-electron chi connectivity index (χ4n) is 3.32. The molecule has 0 bridgehead atoms. The van der Waals surface area contributed by atoms with E-state index in [9.17, 15) is 0 Å². The van der Waals surface area contributed by atoms with Gasteiger partial charge in [-0.3, -0.25) is 0 Å². The van der Waals surface area contributed by atoms with Gasteiger partial charge in [-0.25, -0.2) is 9.97 Å². The van der Waals surface area contributed by atoms with Gasteiger partial charge in [-0.15, -0.1) is 0 Å². The maximum Gasteiger partial charge on any atom is 0.155 e. The molecule has 104 valence electrons. The molecule has 0 amide bonds. The first-order valence-electron chi connectivity index (χ1n) is 7.39. The van der Waals surface area contributed by atoms with Gasteiger partial charge in [0.15, 0.2) is 5.82 Å². The Balaban J connectivity index is 1.58. The molecular weight excluding hydrogens is 238 g/mol. The number of hydrogen-bond donors (Lipinski definition) is 1. The Morgan fingerprint density at radius 3 is 2.47 bits per heavy atom. The van der Waals surface area contributed by atoms with Crippen molar-refractivity contribution in [3.63, 3.8) is 0 Å². The van der Waals surface area contributed by atoms with Gasteiger partial charge in [0.2, 0.25) is 0 Å². The van der Waals surface area contributed by atoms with Gasteiger partial charge in [-0.1, -0.05) is 6.42 Å². The van der Waals surface area contributed by atoms with Crippen LogP contribution in [-0.4, -0.2) is 47.1 Å². The van der Waals surface area contributed by atoms with Crippen molar-refractivity contribution in [3.05, 3.63) is 12.5 Å². The van der Waals surface area contributed by atoms with Crippen molar-refractivity contribution >= 4 is 11.5 Å². The number of rotatable bonds is 2. The summed E-state index contributed by atoms with van der Waals surface area (Å²) in [6, 6.07) is 0.764. The molecule has 0 aromatic carbocycles. The number of likely N-dealkylation sites (tertiary alicyclic amines) is 1. The highest BCUT2D eigenvalue weighted by Crippen LogP contribution is 2.25. The van der Waals surface area contributed by atoms with Crippen LogP contribution in [0.25, 0.3) is 0 Å². The lowest BCUT2D eigenvalue weighted by Crippen LogP contribution is -2.47. The predicted octanol–water partition coefficient (Wildman–Crippen LogP) is 1.51. The van der Waals surface area contributed by atoms with Crippen molar-refractivity contribution in [2.75, 3.05) is 36.8 Å². The second-order valence-corrected chi connectivity index (χ2v) is 5.62. The average molecular weight is 261 g/mol. The molecule has 2 aliphatic rings. The lowest BCUT2D eigenvalue weighted by atomic mass is 10.00. The van der Waals surface area contributed by atoms with Gasteiger partial charge >= 0.3 is 0 Å². The molecule has 0 saturated carbocycles. The molecule has 3 rings (SSSR count). The van der Waals surface area contributed by atoms with E-state index in [4.69, 9.17) is 5.73 Å². The molecule has 0 radical (unpaired) electrons. The number of aromatic nitrogens is 2. The highest BCUT2D eigenvalue weighted by Gasteiger charge is 2.26. The van der Waals surface area contributed by atoms with Crippen molar-refractivity contribution in [1.29, 1.82) is 0 Å². The first kappa shape index (κ1) is 12.7. The normalized spacial score (nSPS) is 22.6. The molecule has 2 saturated heterocycles. The van der Waals surface area contributed by atoms with Crippen LogP contribution >= 0.6 is 0 Å². The molecule has 3 heterocycles. The standard InChI is InChI=1S/C14H23N5/c15-13-10-16-11-17-14(13)19-8-4-12(5-9-19)18-6-2-1-3-7-18/h10-12H,1-9,15H2. The number of nitrogens with two attached hydrogens (primary N) is 1. The van der Waals surface area contributed by atoms with Crippen LogP contribution in [-0.2, 0) is 0 Å². The Bertz CT molecular complexity index is 408. The fraction of sp³-hybridized carbons (Fsp3) is 0.714. The number of hydrogen-bond acceptors (Lipinski definition) is 5. The molecule has 0 atom stereocenters. The van der Waals surface area contributed by atoms with Crippen LogP contribution in [0.5, 0.6) is 0 Å². The van der Waals surface area contributed by atoms with Crippen molar-refractivity contribution in [1.82, 2.24) is 14.9 Å². The maximum absolute atomic E-state index is 5.95. The summed E-state index contributed by atoms with van der Waals surface area (Å²) in [5, 5.41) is 0. The van der Waals surface area contributed by atoms with Crippen LogP contribution in [0.3, 0.4) is 0 Å². The van der Waals surface area contributed by atoms with E-state index in [0.717, 1.165) is 24.9 Å². The molecule has 2 N–H and O–H groups in total. The molecule has 19 heavy (non-hydrogen) atoms. The minimum Gasteiger partial charge on any atom is -0.394 e. The SMILES string of the molecule is Nc1cncnc1N1CCC(N2CCCCC2)CC1. The first-order chi connectivity index (χ1) is 9.34. The van der Waals surface area contributed by atoms with Gasteiger partial charge in [-0.2, -0.15) is 0 Å². The van der Waals surface area contributed by atoms with Crippen LogP contribution in [0.2, 0.25) is 0 Å². The highest BCUT2D eigenvalue weighted by molar-refractivity contribution is 5.61. The van der Waals surface area contributed by atoms with Crippen LogP contribution in [0.1, 0.15) is 32.1 Å². The summed E-state index contributed by atoms with van der Waals surface area (Å²) in [4.78, 5) is 13.3. The number of anilines is 2. The third-order valence-electron chi connectivity index (χ3n) is 4.39. The Kier molecular flexibility index (Phi) is 3.82. The summed E-state index contributed by atoms with van der Waals surface area (Å²) in [6.07, 6.45) is 9.89. The summed E-state index contributed by atoms with van der Waals surface area (Å²) < 4.78 is 0. The second-order valence-electron chi connectivity index (χ2n) is 5.62. The van der Waals surface area contributed by atoms with Gasteiger partial charge in [-0.05, 0) is 38.8 Å². The zero-order valence-electron chi connectivity index (χ0n) is 11.5. The zero-order valence-corrected chi connectivity index (χ0v) is 11.5. The topological polar surface area (TPSA) is 58.3 Å². The summed E-state index contributed by atoms with van der Waals surface area (Å²) in [5.41, 5.74) is 6.65. The molecule has 1 aromatic heterocycles. The lowest BCUT2D eigenvalue weighted by molar-refractivity contribution is 0.141. The Hall–Kier alpha value is -1.36. The number of nitrogen functional groups attached to an aromatic ring is 1. The molecule has 0 aliphatic carbocycles. The second kappa shape index (κ2) is 5.74. The van der Waals surface area contributed by atoms with E-state index in [1.807, 2.05) is 0 Å². The van der Waals surface area contributed by atoms with Gasteiger partial charge in [0.25, 0.3) is 0 Å². The molecule has 5 heteroatoms. The van der Waals surface area contributed by atoms with E-state index in [2.05, 4.69) is 19.8 Å². The largest absolute Gasteiger partial charge is 0.394 e. The number of piperidine rings is 2. The van der Waals surface area contributed by atoms with E-state index in [0.29, 0.717) is 5.69 Å². The predicted molar refractivity (Wildman–Crippen MR) is 77.1 cm³/mol. The number of nitrogens with zero attached hydrogens (tertiary/aromatic N) is 4. The first-order valence-corrected chi connectivity index (χ1v) is 7.39. The van der Waals surface area contributed by atoms with Crippen molar-refractivity contribution in [2.24, 2.45) is 0 Å². The van der Waals surface area contributed by atoms with Crippen LogP contribution in [0.15, 0.2) is 12.5 Å². The van der Waals surface area contributed by atoms with E-state index in [1.54, 1.807) is 12.5 Å². The van der Waals surface area contributed by atoms with Crippen molar-refractivity contribution < 1.29 is 0 Å². The minimum absolute atomic E-state index is 0.693. The Morgan fingerprint density at radius 1 is 1.05 bits per heavy atom. The molecule has 5 nitrogen and oxygen atoms in total. The smallest absolute Gasteiger partial charge is 0.155 e. The highest BCUT2D eigenvalue weighted by atomic mass is 15.2. The summed E-state index contributed by atoms with van der Waals surface area (Å²) >= 11 is 0. The van der Waals surface area contributed by atoms with Crippen molar-refractivity contribution in [3.8, 4) is 0 Å². The minimum atomic E-state index is 0.693. The fourth-order valence-corrected chi connectivity index (χ4v) is 3.32. The van der Waals surface area contributed by atoms with Gasteiger partial charge in [0.1, 0.15) is 6.33 Å². The van der Waals surface area contributed by atoms with E-state index in [-0.39, 0.29) is 0 Å². The van der Waals surface area contributed by atoms with Crippen LogP contribution in [0.4, 0.5) is 11.5 Å². The molecule has 2 aliphatic heterocycles. The van der Waals surface area contributed by atoms with Crippen LogP contribution < -0.4 is 10.6 Å². The average Bonchev–Trinajstić information content (AvgIpc) is 2.49. The zero-order chi connectivity index (χ0) is 13.1. The third-order valence-corrected chi connectivity index (χ3v) is 4.39. The quantitative estimate of drug-likeness (QED) is 0.874. The Morgan fingerprint density at radius 2 is 1.79 bits per heavy atom. The van der Waals surface area contributed by atoms with Gasteiger partial charge in [0.05, 0.1) is 11.9 Å². The van der Waals surface area contributed by atoms with E-state index < -0.39 is 0 Å². The van der Waals surface area contributed by atoms with Crippen molar-refractivity contribution in [2.45, 2.75) is 38.1 Å². The monoisotopic (exact) mass is 261 g/mol. The summed E-state index contributed by atoms with van der Waals surface area (Å²) in [7, 11) is 0. The van der Waals surface area contributed by atoms with Crippen LogP contribution in [0, 0.1) is 0 Å². The van der Waals surface area contributed by atoms with Gasteiger partial charge < -0.3 is 15.5 Å². The molecule has 0 unspecified atom stereocenters. The van der Waals surface area contributed by atoms with Gasteiger partial charge in [0, 0.05) is 19.1 Å². The molecule has 0 spiro atoms. The summed E-state index contributed by atoms with van der Waals surface area (Å²) in [6.45, 7) is 4.70. The lowest BCUT2D eigenvalue weighted by Gasteiger charge is -2.40. The molecule has 2 fully saturated rings. The maximum atomic E-state index is 5.95. The molecule has 1 aromatic rings. The molecular formula is C14H23N5. The Labute approximate surface area is 114 Å². The van der Waals surface area contributed by atoms with E-state index in [1.165, 1.54) is 45.2 Å². The summed E-state index contributed by atoms with van der Waals surface area (Å²) in [5.74, 6) is 0.909. The van der Waals surface area contributed by atoms with E-state index >= 15 is 0 Å². The third kappa shape index (κ3) is 2.81.